The van der Waals surface area contributed by atoms with Crippen molar-refractivity contribution in [2.24, 2.45) is 0 Å². The second kappa shape index (κ2) is 9.17. The van der Waals surface area contributed by atoms with E-state index >= 15 is 0 Å². The number of hydrogen-bond donors (Lipinski definition) is 0. The molecular weight excluding hydrogens is 287 g/mol. The molecule has 0 amide bonds. The Morgan fingerprint density at radius 1 is 1.19 bits per heavy atom. The van der Waals surface area contributed by atoms with Crippen LogP contribution in [0.2, 0.25) is 0 Å². The van der Waals surface area contributed by atoms with E-state index in [0.717, 1.165) is 6.16 Å². The van der Waals surface area contributed by atoms with Crippen LogP contribution >= 0.6 is 7.56 Å². The van der Waals surface area contributed by atoms with Gasteiger partial charge in [-0.1, -0.05) is 12.7 Å². The summed E-state index contributed by atoms with van der Waals surface area (Å²) in [6.45, 7) is 6.54. The largest absolute Gasteiger partial charge is 1.00 e. The van der Waals surface area contributed by atoms with Crippen molar-refractivity contribution in [2.75, 3.05) is 41.0 Å². The molecule has 0 aliphatic heterocycles. The predicted octanol–water partition coefficient (Wildman–Crippen LogP) is -0.345. The average molecular weight is 311 g/mol. The third-order valence-electron chi connectivity index (χ3n) is 2.35. The number of halogens is 1. The van der Waals surface area contributed by atoms with E-state index in [1.54, 1.807) is 0 Å². The van der Waals surface area contributed by atoms with Gasteiger partial charge >= 0.3 is 0 Å². The topological polar surface area (TPSA) is 15.7 Å². The molecule has 0 heterocycles. The van der Waals surface area contributed by atoms with Gasteiger partial charge in [-0.2, -0.15) is 9.34 Å². The summed E-state index contributed by atoms with van der Waals surface area (Å²) in [5, 5.41) is 0. The molecule has 0 fully saturated rings. The minimum absolute atomic E-state index is 0. The van der Waals surface area contributed by atoms with Crippen molar-refractivity contribution in [3.63, 3.8) is 0 Å². The number of allylic oxidation sites excluding steroid dienone is 1. The minimum atomic E-state index is -1.43. The first kappa shape index (κ1) is 18.5. The van der Waals surface area contributed by atoms with Crippen LogP contribution in [0.3, 0.4) is 0 Å². The maximum absolute atomic E-state index is 5.30. The van der Waals surface area contributed by atoms with Crippen LogP contribution in [0.5, 0.6) is 0 Å². The summed E-state index contributed by atoms with van der Waals surface area (Å²) in [7, 11) is 6.99. The highest BCUT2D eigenvalue weighted by atomic mass is 79.9. The van der Waals surface area contributed by atoms with Crippen LogP contribution in [0.25, 0.3) is 0 Å². The van der Waals surface area contributed by atoms with Crippen molar-refractivity contribution in [3.05, 3.63) is 24.7 Å². The molecule has 0 aliphatic rings. The highest BCUT2D eigenvalue weighted by Crippen LogP contribution is 2.63. The van der Waals surface area contributed by atoms with Crippen molar-refractivity contribution in [3.8, 4) is 0 Å². The van der Waals surface area contributed by atoms with E-state index in [1.165, 1.54) is 0 Å². The first-order valence-corrected chi connectivity index (χ1v) is 7.09. The molecule has 5 heteroatoms. The Morgan fingerprint density at radius 3 is 2.00 bits per heavy atom. The summed E-state index contributed by atoms with van der Waals surface area (Å²) in [6, 6.07) is 0. The highest BCUT2D eigenvalue weighted by molar-refractivity contribution is 7.74. The Bertz CT molecular complexity index is 212. The number of ether oxygens (including phenoxy) is 1. The number of rotatable bonds is 7. The number of nitrogens with zero attached hydrogens (tertiary/aromatic N) is 2. The molecule has 0 spiro atoms. The highest BCUT2D eigenvalue weighted by Gasteiger charge is 2.40. The molecule has 0 aromatic carbocycles. The van der Waals surface area contributed by atoms with Gasteiger partial charge < -0.3 is 21.7 Å². The van der Waals surface area contributed by atoms with Crippen LogP contribution in [-0.2, 0) is 4.74 Å². The fourth-order valence-corrected chi connectivity index (χ4v) is 4.12. The van der Waals surface area contributed by atoms with Gasteiger partial charge in [-0.3, -0.25) is 0 Å². The van der Waals surface area contributed by atoms with Gasteiger partial charge in [-0.15, -0.1) is 0 Å². The summed E-state index contributed by atoms with van der Waals surface area (Å²) in [5.41, 5.74) is 0. The summed E-state index contributed by atoms with van der Waals surface area (Å²) in [4.78, 5) is 0. The lowest BCUT2D eigenvalue weighted by Gasteiger charge is -2.32. The monoisotopic (exact) mass is 310 g/mol. The van der Waals surface area contributed by atoms with E-state index in [9.17, 15) is 0 Å². The molecule has 0 atom stereocenters. The van der Waals surface area contributed by atoms with Crippen LogP contribution in [0, 0.1) is 0 Å². The van der Waals surface area contributed by atoms with E-state index in [1.807, 2.05) is 19.3 Å². The molecular formula is C11H24BrN2OP. The molecule has 0 aromatic rings. The zero-order valence-electron chi connectivity index (χ0n) is 11.0. The predicted molar refractivity (Wildman–Crippen MR) is 70.1 cm³/mol. The van der Waals surface area contributed by atoms with Gasteiger partial charge in [0.1, 0.15) is 18.2 Å². The normalized spacial score (nSPS) is 11.9. The molecule has 0 saturated heterocycles. The van der Waals surface area contributed by atoms with Gasteiger partial charge in [0, 0.05) is 28.2 Å². The molecule has 0 aliphatic carbocycles. The minimum Gasteiger partial charge on any atom is -1.00 e. The Kier molecular flexibility index (Phi) is 10.6. The summed E-state index contributed by atoms with van der Waals surface area (Å²) in [5.74, 6) is 2.18. The van der Waals surface area contributed by atoms with Crippen LogP contribution in [0.15, 0.2) is 24.7 Å². The third-order valence-corrected chi connectivity index (χ3v) is 6.51. The van der Waals surface area contributed by atoms with Gasteiger partial charge in [0.15, 0.2) is 7.56 Å². The standard InChI is InChI=1S/C11H24N2OP.BrH/c1-7-10-15(12(3)4,13(5)6)11-9-14-8-2;/h7,9,11H,1,8,10H2,2-6H3;1H/q+1;/p-1/b11-9+;. The van der Waals surface area contributed by atoms with Gasteiger partial charge in [-0.05, 0) is 6.92 Å². The molecule has 3 nitrogen and oxygen atoms in total. The van der Waals surface area contributed by atoms with Gasteiger partial charge in [0.2, 0.25) is 0 Å². The average Bonchev–Trinajstić information content (AvgIpc) is 2.15. The molecule has 0 aromatic heterocycles. The van der Waals surface area contributed by atoms with Crippen LogP contribution in [-0.4, -0.2) is 50.3 Å². The maximum Gasteiger partial charge on any atom is 0.184 e. The van der Waals surface area contributed by atoms with Gasteiger partial charge in [0.25, 0.3) is 0 Å². The van der Waals surface area contributed by atoms with E-state index in [2.05, 4.69) is 49.9 Å². The molecule has 96 valence electrons. The quantitative estimate of drug-likeness (QED) is 0.363. The third kappa shape index (κ3) is 4.96. The molecule has 0 N–H and O–H groups in total. The smallest absolute Gasteiger partial charge is 0.184 e. The fourth-order valence-electron chi connectivity index (χ4n) is 1.44. The lowest BCUT2D eigenvalue weighted by atomic mass is 10.8. The van der Waals surface area contributed by atoms with E-state index in [-0.39, 0.29) is 17.0 Å². The molecule has 0 radical (unpaired) electrons. The maximum atomic E-state index is 5.30. The van der Waals surface area contributed by atoms with Crippen LogP contribution in [0.1, 0.15) is 6.92 Å². The Balaban J connectivity index is 0. The van der Waals surface area contributed by atoms with Crippen molar-refractivity contribution in [2.45, 2.75) is 6.92 Å². The van der Waals surface area contributed by atoms with E-state index < -0.39 is 7.56 Å². The SMILES string of the molecule is C=CC[P+](/C=C/OCC)(N(C)C)N(C)C.[Br-]. The second-order valence-electron chi connectivity index (χ2n) is 3.69. The zero-order chi connectivity index (χ0) is 11.9. The lowest BCUT2D eigenvalue weighted by molar-refractivity contribution is -0.00000402. The van der Waals surface area contributed by atoms with Crippen molar-refractivity contribution in [1.82, 2.24) is 9.34 Å². The summed E-state index contributed by atoms with van der Waals surface area (Å²) < 4.78 is 9.83. The van der Waals surface area contributed by atoms with Crippen molar-refractivity contribution >= 4 is 7.56 Å². The Hall–Kier alpha value is 0.110. The lowest BCUT2D eigenvalue weighted by Crippen LogP contribution is -3.00. The second-order valence-corrected chi connectivity index (χ2v) is 7.53. The summed E-state index contributed by atoms with van der Waals surface area (Å²) in [6.07, 6.45) is 4.76. The first-order valence-electron chi connectivity index (χ1n) is 5.14. The van der Waals surface area contributed by atoms with E-state index in [0.29, 0.717) is 6.61 Å². The molecule has 16 heavy (non-hydrogen) atoms. The Labute approximate surface area is 111 Å². The molecule has 0 saturated carbocycles. The van der Waals surface area contributed by atoms with Gasteiger partial charge in [-0.25, -0.2) is 0 Å². The summed E-state index contributed by atoms with van der Waals surface area (Å²) >= 11 is 0. The number of hydrogen-bond acceptors (Lipinski definition) is 3. The van der Waals surface area contributed by atoms with Crippen molar-refractivity contribution in [1.29, 1.82) is 0 Å². The zero-order valence-corrected chi connectivity index (χ0v) is 13.5. The molecule has 0 bridgehead atoms. The van der Waals surface area contributed by atoms with Gasteiger partial charge in [0.05, 0.1) is 6.61 Å². The molecule has 0 rings (SSSR count). The van der Waals surface area contributed by atoms with Crippen LogP contribution < -0.4 is 17.0 Å². The molecule has 0 unspecified atom stereocenters. The van der Waals surface area contributed by atoms with Crippen LogP contribution in [0.4, 0.5) is 0 Å². The van der Waals surface area contributed by atoms with Crippen molar-refractivity contribution < 1.29 is 21.7 Å². The Morgan fingerprint density at radius 2 is 1.69 bits per heavy atom. The first-order chi connectivity index (χ1) is 7.01. The van der Waals surface area contributed by atoms with E-state index in [4.69, 9.17) is 4.74 Å². The fraction of sp³-hybridized carbons (Fsp3) is 0.636.